The molecular formula is C19H20O4. The Balaban J connectivity index is 1.72. The second-order valence-electron chi connectivity index (χ2n) is 5.44. The Hall–Kier alpha value is -2.62. The van der Waals surface area contributed by atoms with Crippen LogP contribution in [-0.2, 0) is 0 Å². The van der Waals surface area contributed by atoms with Crippen LogP contribution in [0, 0.1) is 0 Å². The van der Waals surface area contributed by atoms with E-state index in [2.05, 4.69) is 0 Å². The van der Waals surface area contributed by atoms with Gasteiger partial charge in [-0.1, -0.05) is 30.7 Å². The van der Waals surface area contributed by atoms with Gasteiger partial charge < -0.3 is 10.2 Å². The molecule has 0 spiro atoms. The maximum Gasteiger partial charge on any atom is 0.166 e. The number of phenols is 2. The molecule has 0 bridgehead atoms. The van der Waals surface area contributed by atoms with E-state index in [1.807, 2.05) is 0 Å². The molecule has 0 aliphatic rings. The van der Waals surface area contributed by atoms with Gasteiger partial charge in [-0.2, -0.15) is 0 Å². The van der Waals surface area contributed by atoms with Gasteiger partial charge in [0.05, 0.1) is 11.1 Å². The summed E-state index contributed by atoms with van der Waals surface area (Å²) in [5.41, 5.74) is 0.690. The number of hydrogen-bond acceptors (Lipinski definition) is 4. The Morgan fingerprint density at radius 3 is 1.43 bits per heavy atom. The zero-order chi connectivity index (χ0) is 16.7. The lowest BCUT2D eigenvalue weighted by Gasteiger charge is -2.05. The van der Waals surface area contributed by atoms with E-state index in [-0.39, 0.29) is 23.1 Å². The first-order chi connectivity index (χ1) is 11.1. The molecule has 0 saturated heterocycles. The molecule has 2 aromatic carbocycles. The van der Waals surface area contributed by atoms with Gasteiger partial charge in [-0.3, -0.25) is 9.59 Å². The second-order valence-corrected chi connectivity index (χ2v) is 5.44. The molecule has 120 valence electrons. The molecule has 0 amide bonds. The summed E-state index contributed by atoms with van der Waals surface area (Å²) in [6.07, 6.45) is 2.78. The number of ketones is 2. The van der Waals surface area contributed by atoms with Crippen LogP contribution in [0.2, 0.25) is 0 Å². The largest absolute Gasteiger partial charge is 0.507 e. The first kappa shape index (κ1) is 16.7. The van der Waals surface area contributed by atoms with Gasteiger partial charge in [0.25, 0.3) is 0 Å². The van der Waals surface area contributed by atoms with Gasteiger partial charge in [-0.05, 0) is 37.1 Å². The average molecular weight is 312 g/mol. The van der Waals surface area contributed by atoms with Gasteiger partial charge in [0, 0.05) is 12.8 Å². The van der Waals surface area contributed by atoms with Crippen molar-refractivity contribution in [2.45, 2.75) is 32.1 Å². The Labute approximate surface area is 135 Å². The molecule has 4 heteroatoms. The first-order valence-electron chi connectivity index (χ1n) is 7.72. The van der Waals surface area contributed by atoms with E-state index in [9.17, 15) is 19.8 Å². The number of unbranched alkanes of at least 4 members (excludes halogenated alkanes) is 2. The van der Waals surface area contributed by atoms with Crippen LogP contribution in [0.1, 0.15) is 52.8 Å². The summed E-state index contributed by atoms with van der Waals surface area (Å²) in [4.78, 5) is 23.9. The van der Waals surface area contributed by atoms with Crippen LogP contribution in [0.4, 0.5) is 0 Å². The van der Waals surface area contributed by atoms with Crippen molar-refractivity contribution in [2.75, 3.05) is 0 Å². The molecule has 0 aromatic heterocycles. The monoisotopic (exact) mass is 312 g/mol. The third kappa shape index (κ3) is 4.68. The number of aromatic hydroxyl groups is 2. The van der Waals surface area contributed by atoms with Crippen molar-refractivity contribution in [3.63, 3.8) is 0 Å². The van der Waals surface area contributed by atoms with E-state index in [1.54, 1.807) is 36.4 Å². The highest BCUT2D eigenvalue weighted by molar-refractivity contribution is 5.99. The molecule has 2 aromatic rings. The Kier molecular flexibility index (Phi) is 5.92. The standard InChI is InChI=1S/C19H20O4/c20-16(14-8-4-6-12-18(14)22)10-2-1-3-11-17(21)15-9-5-7-13-19(15)23/h4-9,12-13,22-23H,1-3,10-11H2. The fraction of sp³-hybridized carbons (Fsp3) is 0.263. The molecule has 0 aliphatic carbocycles. The fourth-order valence-electron chi connectivity index (χ4n) is 2.44. The van der Waals surface area contributed by atoms with Gasteiger partial charge >= 0.3 is 0 Å². The summed E-state index contributed by atoms with van der Waals surface area (Å²) in [6.45, 7) is 0. The molecule has 0 aliphatic heterocycles. The van der Waals surface area contributed by atoms with Gasteiger partial charge in [0.2, 0.25) is 0 Å². The second kappa shape index (κ2) is 8.13. The van der Waals surface area contributed by atoms with Crippen LogP contribution >= 0.6 is 0 Å². The van der Waals surface area contributed by atoms with Crippen molar-refractivity contribution < 1.29 is 19.8 Å². The molecule has 2 N–H and O–H groups in total. The van der Waals surface area contributed by atoms with E-state index in [4.69, 9.17) is 0 Å². The lowest BCUT2D eigenvalue weighted by Crippen LogP contribution is -2.01. The summed E-state index contributed by atoms with van der Waals surface area (Å²) >= 11 is 0. The van der Waals surface area contributed by atoms with Gasteiger partial charge in [-0.15, -0.1) is 0 Å². The number of para-hydroxylation sites is 2. The number of Topliss-reactive ketones (excluding diaryl/α,β-unsaturated/α-hetero) is 2. The molecular weight excluding hydrogens is 292 g/mol. The molecule has 0 unspecified atom stereocenters. The van der Waals surface area contributed by atoms with Crippen molar-refractivity contribution in [1.29, 1.82) is 0 Å². The van der Waals surface area contributed by atoms with Gasteiger partial charge in [0.1, 0.15) is 11.5 Å². The van der Waals surface area contributed by atoms with Crippen LogP contribution in [0.25, 0.3) is 0 Å². The minimum absolute atomic E-state index is 0.00669. The number of carbonyl (C=O) groups excluding carboxylic acids is 2. The molecule has 0 atom stereocenters. The van der Waals surface area contributed by atoms with Crippen molar-refractivity contribution >= 4 is 11.6 Å². The minimum Gasteiger partial charge on any atom is -0.507 e. The van der Waals surface area contributed by atoms with Crippen molar-refractivity contribution in [2.24, 2.45) is 0 Å². The summed E-state index contributed by atoms with van der Waals surface area (Å²) in [5.74, 6) is -0.162. The molecule has 2 rings (SSSR count). The summed E-state index contributed by atoms with van der Waals surface area (Å²) < 4.78 is 0. The summed E-state index contributed by atoms with van der Waals surface area (Å²) in [5, 5.41) is 19.2. The highest BCUT2D eigenvalue weighted by Crippen LogP contribution is 2.20. The van der Waals surface area contributed by atoms with Gasteiger partial charge in [0.15, 0.2) is 11.6 Å². The number of benzene rings is 2. The average Bonchev–Trinajstić information content (AvgIpc) is 2.55. The fourth-order valence-corrected chi connectivity index (χ4v) is 2.44. The van der Waals surface area contributed by atoms with Crippen LogP contribution in [0.3, 0.4) is 0 Å². The summed E-state index contributed by atoms with van der Waals surface area (Å²) in [7, 11) is 0. The van der Waals surface area contributed by atoms with E-state index in [1.165, 1.54) is 12.1 Å². The zero-order valence-electron chi connectivity index (χ0n) is 12.9. The molecule has 0 saturated carbocycles. The Morgan fingerprint density at radius 2 is 1.04 bits per heavy atom. The molecule has 23 heavy (non-hydrogen) atoms. The van der Waals surface area contributed by atoms with E-state index in [0.717, 1.165) is 6.42 Å². The highest BCUT2D eigenvalue weighted by Gasteiger charge is 2.11. The van der Waals surface area contributed by atoms with Crippen LogP contribution < -0.4 is 0 Å². The maximum absolute atomic E-state index is 12.0. The number of phenolic OH excluding ortho intramolecular Hbond substituents is 2. The Bertz CT molecular complexity index is 632. The molecule has 4 nitrogen and oxygen atoms in total. The Morgan fingerprint density at radius 1 is 0.652 bits per heavy atom. The van der Waals surface area contributed by atoms with Crippen LogP contribution in [0.15, 0.2) is 48.5 Å². The molecule has 0 fully saturated rings. The third-order valence-electron chi connectivity index (χ3n) is 3.72. The van der Waals surface area contributed by atoms with Crippen molar-refractivity contribution in [1.82, 2.24) is 0 Å². The lowest BCUT2D eigenvalue weighted by atomic mass is 10.0. The zero-order valence-corrected chi connectivity index (χ0v) is 12.9. The van der Waals surface area contributed by atoms with Crippen molar-refractivity contribution in [3.05, 3.63) is 59.7 Å². The topological polar surface area (TPSA) is 74.6 Å². The summed E-state index contributed by atoms with van der Waals surface area (Å²) in [6, 6.07) is 13.0. The van der Waals surface area contributed by atoms with E-state index < -0.39 is 0 Å². The number of hydrogen-bond donors (Lipinski definition) is 2. The quantitative estimate of drug-likeness (QED) is 0.568. The van der Waals surface area contributed by atoms with Crippen LogP contribution in [-0.4, -0.2) is 21.8 Å². The number of carbonyl (C=O) groups is 2. The predicted molar refractivity (Wildman–Crippen MR) is 88.0 cm³/mol. The minimum atomic E-state index is -0.0878. The van der Waals surface area contributed by atoms with Crippen molar-refractivity contribution in [3.8, 4) is 11.5 Å². The smallest absolute Gasteiger partial charge is 0.166 e. The SMILES string of the molecule is O=C(CCCCCC(=O)c1ccccc1O)c1ccccc1O. The molecule has 0 radical (unpaired) electrons. The lowest BCUT2D eigenvalue weighted by molar-refractivity contribution is 0.0976. The normalized spacial score (nSPS) is 10.4. The molecule has 0 heterocycles. The third-order valence-corrected chi connectivity index (χ3v) is 3.72. The number of rotatable bonds is 8. The van der Waals surface area contributed by atoms with Crippen LogP contribution in [0.5, 0.6) is 11.5 Å². The highest BCUT2D eigenvalue weighted by atomic mass is 16.3. The van der Waals surface area contributed by atoms with E-state index in [0.29, 0.717) is 36.8 Å². The van der Waals surface area contributed by atoms with Gasteiger partial charge in [-0.25, -0.2) is 0 Å². The predicted octanol–water partition coefficient (Wildman–Crippen LogP) is 4.11. The maximum atomic E-state index is 12.0. The first-order valence-corrected chi connectivity index (χ1v) is 7.72. The van der Waals surface area contributed by atoms with E-state index >= 15 is 0 Å².